The Kier molecular flexibility index (Phi) is 7.37. The lowest BCUT2D eigenvalue weighted by molar-refractivity contribution is 0.0347. The van der Waals surface area contributed by atoms with Crippen LogP contribution in [0, 0.1) is 5.92 Å². The number of nitrogens with zero attached hydrogens (tertiary/aromatic N) is 1. The molecule has 0 aromatic heterocycles. The Morgan fingerprint density at radius 3 is 2.45 bits per heavy atom. The van der Waals surface area contributed by atoms with Gasteiger partial charge in [0, 0.05) is 12.0 Å². The first-order valence-corrected chi connectivity index (χ1v) is 9.25. The third-order valence-electron chi connectivity index (χ3n) is 5.49. The van der Waals surface area contributed by atoms with Gasteiger partial charge in [-0.1, -0.05) is 51.9 Å². The highest BCUT2D eigenvalue weighted by Gasteiger charge is 2.36. The van der Waals surface area contributed by atoms with E-state index in [4.69, 9.17) is 0 Å². The van der Waals surface area contributed by atoms with Crippen molar-refractivity contribution in [3.63, 3.8) is 0 Å². The molecule has 2 aliphatic rings. The van der Waals surface area contributed by atoms with E-state index in [0.29, 0.717) is 12.0 Å². The molecule has 1 saturated heterocycles. The van der Waals surface area contributed by atoms with Gasteiger partial charge in [0.15, 0.2) is 0 Å². The molecule has 1 heterocycles. The number of likely N-dealkylation sites (tertiary alicyclic amines) is 1. The van der Waals surface area contributed by atoms with E-state index in [9.17, 15) is 5.11 Å². The average Bonchev–Trinajstić information content (AvgIpc) is 2.89. The van der Waals surface area contributed by atoms with Gasteiger partial charge in [-0.2, -0.15) is 0 Å². The molecule has 0 aromatic rings. The second-order valence-electron chi connectivity index (χ2n) is 7.03. The van der Waals surface area contributed by atoms with Crippen LogP contribution in [0.3, 0.4) is 0 Å². The van der Waals surface area contributed by atoms with Crippen molar-refractivity contribution in [1.82, 2.24) is 4.90 Å². The van der Waals surface area contributed by atoms with Gasteiger partial charge in [0.05, 0.1) is 6.10 Å². The minimum atomic E-state index is -0.00912. The molecule has 118 valence electrons. The van der Waals surface area contributed by atoms with E-state index in [0.717, 1.165) is 6.42 Å². The Labute approximate surface area is 125 Å². The van der Waals surface area contributed by atoms with Gasteiger partial charge in [-0.15, -0.1) is 0 Å². The number of rotatable bonds is 8. The third-order valence-corrected chi connectivity index (χ3v) is 5.49. The van der Waals surface area contributed by atoms with Crippen LogP contribution in [-0.2, 0) is 0 Å². The molecule has 1 aliphatic heterocycles. The number of aliphatic hydroxyl groups excluding tert-OH is 1. The number of unbranched alkanes of at least 4 members (excludes halogenated alkanes) is 5. The predicted octanol–water partition coefficient (Wildman–Crippen LogP) is 4.36. The SMILES string of the molecule is CCCCCCCCN1CCCCC1C1CCCC1O. The van der Waals surface area contributed by atoms with Gasteiger partial charge in [0.2, 0.25) is 0 Å². The van der Waals surface area contributed by atoms with Crippen molar-refractivity contribution in [3.05, 3.63) is 0 Å². The molecule has 0 aromatic carbocycles. The zero-order valence-electron chi connectivity index (χ0n) is 13.5. The lowest BCUT2D eigenvalue weighted by Gasteiger charge is -2.40. The highest BCUT2D eigenvalue weighted by atomic mass is 16.3. The van der Waals surface area contributed by atoms with Gasteiger partial charge in [0.25, 0.3) is 0 Å². The molecule has 2 rings (SSSR count). The van der Waals surface area contributed by atoms with Crippen molar-refractivity contribution < 1.29 is 5.11 Å². The molecule has 3 atom stereocenters. The second kappa shape index (κ2) is 9.04. The predicted molar refractivity (Wildman–Crippen MR) is 85.9 cm³/mol. The zero-order valence-corrected chi connectivity index (χ0v) is 13.5. The van der Waals surface area contributed by atoms with Crippen LogP contribution in [0.4, 0.5) is 0 Å². The van der Waals surface area contributed by atoms with Crippen molar-refractivity contribution in [2.75, 3.05) is 13.1 Å². The van der Waals surface area contributed by atoms with Crippen molar-refractivity contribution in [2.45, 2.75) is 96.1 Å². The van der Waals surface area contributed by atoms with Crippen molar-refractivity contribution in [3.8, 4) is 0 Å². The first-order valence-electron chi connectivity index (χ1n) is 9.25. The summed E-state index contributed by atoms with van der Waals surface area (Å²) in [4.78, 5) is 2.72. The van der Waals surface area contributed by atoms with Gasteiger partial charge < -0.3 is 10.0 Å². The van der Waals surface area contributed by atoms with E-state index in [1.807, 2.05) is 0 Å². The maximum atomic E-state index is 10.2. The Bertz CT molecular complexity index is 256. The molecule has 1 aliphatic carbocycles. The van der Waals surface area contributed by atoms with E-state index in [1.165, 1.54) is 83.7 Å². The van der Waals surface area contributed by atoms with Gasteiger partial charge in [-0.25, -0.2) is 0 Å². The minimum absolute atomic E-state index is 0.00912. The maximum Gasteiger partial charge on any atom is 0.0583 e. The van der Waals surface area contributed by atoms with E-state index in [1.54, 1.807) is 0 Å². The lowest BCUT2D eigenvalue weighted by atomic mass is 9.87. The maximum absolute atomic E-state index is 10.2. The first kappa shape index (κ1) is 16.3. The molecule has 0 amide bonds. The fourth-order valence-corrected chi connectivity index (χ4v) is 4.29. The highest BCUT2D eigenvalue weighted by molar-refractivity contribution is 4.90. The van der Waals surface area contributed by atoms with Gasteiger partial charge in [0.1, 0.15) is 0 Å². The van der Waals surface area contributed by atoms with E-state index in [2.05, 4.69) is 11.8 Å². The fourth-order valence-electron chi connectivity index (χ4n) is 4.29. The third kappa shape index (κ3) is 4.73. The molecule has 2 fully saturated rings. The number of hydrogen-bond donors (Lipinski definition) is 1. The van der Waals surface area contributed by atoms with Crippen molar-refractivity contribution in [2.24, 2.45) is 5.92 Å². The summed E-state index contributed by atoms with van der Waals surface area (Å²) in [5.74, 6) is 0.579. The minimum Gasteiger partial charge on any atom is -0.393 e. The van der Waals surface area contributed by atoms with Crippen LogP contribution in [0.2, 0.25) is 0 Å². The van der Waals surface area contributed by atoms with Crippen LogP contribution in [-0.4, -0.2) is 35.2 Å². The van der Waals surface area contributed by atoms with Crippen LogP contribution in [0.1, 0.15) is 84.0 Å². The quantitative estimate of drug-likeness (QED) is 0.668. The summed E-state index contributed by atoms with van der Waals surface area (Å²) in [6.45, 7) is 4.84. The van der Waals surface area contributed by atoms with E-state index < -0.39 is 0 Å². The van der Waals surface area contributed by atoms with Gasteiger partial charge in [-0.05, 0) is 45.2 Å². The Morgan fingerprint density at radius 2 is 1.70 bits per heavy atom. The molecule has 3 unspecified atom stereocenters. The smallest absolute Gasteiger partial charge is 0.0583 e. The topological polar surface area (TPSA) is 23.5 Å². The van der Waals surface area contributed by atoms with Crippen LogP contribution >= 0.6 is 0 Å². The highest BCUT2D eigenvalue weighted by Crippen LogP contribution is 2.35. The molecular formula is C18H35NO. The number of piperidine rings is 1. The monoisotopic (exact) mass is 281 g/mol. The van der Waals surface area contributed by atoms with Crippen LogP contribution in [0.15, 0.2) is 0 Å². The largest absolute Gasteiger partial charge is 0.393 e. The van der Waals surface area contributed by atoms with Gasteiger partial charge >= 0.3 is 0 Å². The second-order valence-corrected chi connectivity index (χ2v) is 7.03. The normalized spacial score (nSPS) is 31.8. The molecule has 2 nitrogen and oxygen atoms in total. The Balaban J connectivity index is 1.70. The summed E-state index contributed by atoms with van der Waals surface area (Å²) in [7, 11) is 0. The molecule has 1 saturated carbocycles. The molecular weight excluding hydrogens is 246 g/mol. The van der Waals surface area contributed by atoms with E-state index in [-0.39, 0.29) is 6.10 Å². The summed E-state index contributed by atoms with van der Waals surface area (Å²) in [6.07, 6.45) is 16.0. The Morgan fingerprint density at radius 1 is 0.900 bits per heavy atom. The summed E-state index contributed by atoms with van der Waals surface area (Å²) in [5, 5.41) is 10.2. The summed E-state index contributed by atoms with van der Waals surface area (Å²) in [5.41, 5.74) is 0. The lowest BCUT2D eigenvalue weighted by Crippen LogP contribution is -2.46. The number of hydrogen-bond acceptors (Lipinski definition) is 2. The fraction of sp³-hybridized carbons (Fsp3) is 1.00. The van der Waals surface area contributed by atoms with Crippen LogP contribution in [0.25, 0.3) is 0 Å². The van der Waals surface area contributed by atoms with Crippen LogP contribution < -0.4 is 0 Å². The Hall–Kier alpha value is -0.0800. The van der Waals surface area contributed by atoms with Gasteiger partial charge in [-0.3, -0.25) is 0 Å². The van der Waals surface area contributed by atoms with Crippen molar-refractivity contribution in [1.29, 1.82) is 0 Å². The standard InChI is InChI=1S/C18H35NO/c1-2-3-4-5-6-8-14-19-15-9-7-12-17(19)16-11-10-13-18(16)20/h16-18,20H,2-15H2,1H3. The summed E-state index contributed by atoms with van der Waals surface area (Å²) >= 11 is 0. The summed E-state index contributed by atoms with van der Waals surface area (Å²) < 4.78 is 0. The first-order chi connectivity index (χ1) is 9.83. The number of aliphatic hydroxyl groups is 1. The summed E-state index contributed by atoms with van der Waals surface area (Å²) in [6, 6.07) is 0.692. The van der Waals surface area contributed by atoms with Crippen molar-refractivity contribution >= 4 is 0 Å². The van der Waals surface area contributed by atoms with E-state index >= 15 is 0 Å². The molecule has 2 heteroatoms. The molecule has 20 heavy (non-hydrogen) atoms. The van der Waals surface area contributed by atoms with Crippen LogP contribution in [0.5, 0.6) is 0 Å². The molecule has 1 N–H and O–H groups in total. The molecule has 0 bridgehead atoms. The molecule has 0 radical (unpaired) electrons. The zero-order chi connectivity index (χ0) is 14.2. The average molecular weight is 281 g/mol. The molecule has 0 spiro atoms.